The van der Waals surface area contributed by atoms with Gasteiger partial charge in [-0.25, -0.2) is 0 Å². The Balaban J connectivity index is 1.87. The van der Waals surface area contributed by atoms with Crippen molar-refractivity contribution in [3.8, 4) is 40.5 Å². The first kappa shape index (κ1) is 21.1. The molecule has 2 heterocycles. The van der Waals surface area contributed by atoms with Gasteiger partial charge < -0.3 is 24.7 Å². The summed E-state index contributed by atoms with van der Waals surface area (Å²) < 4.78 is 22.4. The molecule has 0 radical (unpaired) electrons. The van der Waals surface area contributed by atoms with E-state index in [4.69, 9.17) is 24.7 Å². The highest BCUT2D eigenvalue weighted by atomic mass is 16.5. The lowest BCUT2D eigenvalue weighted by atomic mass is 9.83. The summed E-state index contributed by atoms with van der Waals surface area (Å²) in [5.41, 5.74) is 9.48. The predicted octanol–water partition coefficient (Wildman–Crippen LogP) is 4.10. The van der Waals surface area contributed by atoms with Crippen LogP contribution in [-0.2, 0) is 0 Å². The smallest absolute Gasteiger partial charge is 0.244 e. The van der Waals surface area contributed by atoms with Crippen molar-refractivity contribution < 1.29 is 18.9 Å². The summed E-state index contributed by atoms with van der Waals surface area (Å²) in [4.78, 5) is 0. The third kappa shape index (κ3) is 3.69. The molecule has 32 heavy (non-hydrogen) atoms. The number of benzene rings is 2. The first-order chi connectivity index (χ1) is 15.6. The van der Waals surface area contributed by atoms with Gasteiger partial charge in [-0.2, -0.15) is 5.26 Å². The molecular weight excluding hydrogens is 408 g/mol. The molecule has 0 saturated heterocycles. The molecule has 1 atom stereocenters. The fraction of sp³-hybridized carbons (Fsp3) is 0.250. The normalized spacial score (nSPS) is 14.9. The molecule has 164 valence electrons. The number of nitrogens with one attached hydrogen (secondary N) is 1. The van der Waals surface area contributed by atoms with Gasteiger partial charge >= 0.3 is 0 Å². The van der Waals surface area contributed by atoms with Crippen molar-refractivity contribution in [1.29, 1.82) is 5.26 Å². The number of nitrogens with zero attached hydrogens (tertiary/aromatic N) is 2. The SMILES string of the molecule is CCCOc1ccc(C2C(C#N)=C(N)Oc3n[nH]c(-c4cccc(OC)c4)c32)cc1OC. The van der Waals surface area contributed by atoms with Crippen LogP contribution in [0.25, 0.3) is 11.3 Å². The Morgan fingerprint density at radius 3 is 2.72 bits per heavy atom. The van der Waals surface area contributed by atoms with Crippen LogP contribution in [0, 0.1) is 11.3 Å². The van der Waals surface area contributed by atoms with Crippen molar-refractivity contribution >= 4 is 0 Å². The van der Waals surface area contributed by atoms with Gasteiger partial charge in [-0.3, -0.25) is 5.10 Å². The Hall–Kier alpha value is -4.12. The molecule has 8 nitrogen and oxygen atoms in total. The number of hydrogen-bond acceptors (Lipinski definition) is 7. The van der Waals surface area contributed by atoms with E-state index in [2.05, 4.69) is 16.3 Å². The quantitative estimate of drug-likeness (QED) is 0.577. The minimum absolute atomic E-state index is 0.0268. The molecular formula is C24H24N4O4. The Morgan fingerprint density at radius 2 is 2.00 bits per heavy atom. The number of aromatic nitrogens is 2. The zero-order valence-electron chi connectivity index (χ0n) is 18.1. The zero-order valence-corrected chi connectivity index (χ0v) is 18.1. The second-order valence-electron chi connectivity index (χ2n) is 7.23. The minimum Gasteiger partial charge on any atom is -0.497 e. The van der Waals surface area contributed by atoms with Crippen LogP contribution in [0.2, 0.25) is 0 Å². The molecule has 0 saturated carbocycles. The van der Waals surface area contributed by atoms with Crippen LogP contribution < -0.4 is 24.7 Å². The minimum atomic E-state index is -0.502. The van der Waals surface area contributed by atoms with Gasteiger partial charge in [-0.1, -0.05) is 25.1 Å². The molecule has 4 rings (SSSR count). The second kappa shape index (κ2) is 8.94. The van der Waals surface area contributed by atoms with Gasteiger partial charge in [0.15, 0.2) is 11.5 Å². The van der Waals surface area contributed by atoms with E-state index in [1.807, 2.05) is 49.4 Å². The van der Waals surface area contributed by atoms with Gasteiger partial charge in [0.05, 0.1) is 38.0 Å². The number of ether oxygens (including phenoxy) is 4. The lowest BCUT2D eigenvalue weighted by Crippen LogP contribution is -2.21. The third-order valence-corrected chi connectivity index (χ3v) is 5.28. The molecule has 0 spiro atoms. The van der Waals surface area contributed by atoms with Gasteiger partial charge in [-0.15, -0.1) is 5.10 Å². The summed E-state index contributed by atoms with van der Waals surface area (Å²) in [5.74, 6) is 1.77. The van der Waals surface area contributed by atoms with Crippen molar-refractivity contribution in [1.82, 2.24) is 10.2 Å². The van der Waals surface area contributed by atoms with Crippen LogP contribution in [0.3, 0.4) is 0 Å². The summed E-state index contributed by atoms with van der Waals surface area (Å²) in [6.45, 7) is 2.62. The average molecular weight is 432 g/mol. The molecule has 0 bridgehead atoms. The first-order valence-electron chi connectivity index (χ1n) is 10.2. The van der Waals surface area contributed by atoms with Gasteiger partial charge in [0, 0.05) is 5.56 Å². The van der Waals surface area contributed by atoms with E-state index in [0.29, 0.717) is 40.9 Å². The highest BCUT2D eigenvalue weighted by Gasteiger charge is 2.36. The number of nitrogens with two attached hydrogens (primary N) is 1. The van der Waals surface area contributed by atoms with Crippen LogP contribution in [-0.4, -0.2) is 31.0 Å². The predicted molar refractivity (Wildman–Crippen MR) is 119 cm³/mol. The van der Waals surface area contributed by atoms with E-state index in [-0.39, 0.29) is 5.88 Å². The molecule has 0 fully saturated rings. The van der Waals surface area contributed by atoms with Crippen LogP contribution in [0.4, 0.5) is 0 Å². The summed E-state index contributed by atoms with van der Waals surface area (Å²) in [5, 5.41) is 17.3. The molecule has 1 aromatic heterocycles. The van der Waals surface area contributed by atoms with Crippen LogP contribution in [0.5, 0.6) is 23.1 Å². The number of fused-ring (bicyclic) bond motifs is 1. The van der Waals surface area contributed by atoms with Crippen molar-refractivity contribution in [2.24, 2.45) is 5.73 Å². The molecule has 0 amide bonds. The monoisotopic (exact) mass is 432 g/mol. The Morgan fingerprint density at radius 1 is 1.16 bits per heavy atom. The standard InChI is InChI=1S/C24H24N4O4/c1-4-10-31-18-9-8-14(12-19(18)30-3)20-17(13-25)23(26)32-24-21(20)22(27-28-24)15-6-5-7-16(11-15)29-2/h5-9,11-12,20H,4,10,26H2,1-3H3,(H,27,28). The maximum absolute atomic E-state index is 9.92. The van der Waals surface area contributed by atoms with Crippen LogP contribution >= 0.6 is 0 Å². The maximum Gasteiger partial charge on any atom is 0.244 e. The molecule has 3 aromatic rings. The summed E-state index contributed by atoms with van der Waals surface area (Å²) >= 11 is 0. The number of methoxy groups -OCH3 is 2. The Kier molecular flexibility index (Phi) is 5.90. The van der Waals surface area contributed by atoms with E-state index in [9.17, 15) is 5.26 Å². The van der Waals surface area contributed by atoms with E-state index in [0.717, 1.165) is 23.2 Å². The summed E-state index contributed by atoms with van der Waals surface area (Å²) in [6, 6.07) is 15.4. The largest absolute Gasteiger partial charge is 0.497 e. The second-order valence-corrected chi connectivity index (χ2v) is 7.23. The number of H-pyrrole nitrogens is 1. The summed E-state index contributed by atoms with van der Waals surface area (Å²) in [6.07, 6.45) is 0.880. The van der Waals surface area contributed by atoms with Crippen LogP contribution in [0.1, 0.15) is 30.4 Å². The van der Waals surface area contributed by atoms with Gasteiger partial charge in [-0.05, 0) is 36.2 Å². The fourth-order valence-electron chi connectivity index (χ4n) is 3.77. The molecule has 3 N–H and O–H groups in total. The Labute approximate surface area is 186 Å². The van der Waals surface area contributed by atoms with Crippen molar-refractivity contribution in [2.45, 2.75) is 19.3 Å². The van der Waals surface area contributed by atoms with Gasteiger partial charge in [0.1, 0.15) is 17.4 Å². The fourth-order valence-corrected chi connectivity index (χ4v) is 3.77. The van der Waals surface area contributed by atoms with E-state index in [1.165, 1.54) is 0 Å². The lowest BCUT2D eigenvalue weighted by molar-refractivity contribution is 0.294. The number of aromatic amines is 1. The number of rotatable bonds is 7. The molecule has 1 aliphatic rings. The lowest BCUT2D eigenvalue weighted by Gasteiger charge is -2.25. The number of hydrogen-bond donors (Lipinski definition) is 2. The molecule has 1 aliphatic heterocycles. The zero-order chi connectivity index (χ0) is 22.7. The molecule has 1 unspecified atom stereocenters. The van der Waals surface area contributed by atoms with Gasteiger partial charge in [0.25, 0.3) is 0 Å². The highest BCUT2D eigenvalue weighted by molar-refractivity contribution is 5.72. The maximum atomic E-state index is 9.92. The number of allylic oxidation sites excluding steroid dienone is 1. The summed E-state index contributed by atoms with van der Waals surface area (Å²) in [7, 11) is 3.20. The first-order valence-corrected chi connectivity index (χ1v) is 10.2. The van der Waals surface area contributed by atoms with E-state index < -0.39 is 5.92 Å². The van der Waals surface area contributed by atoms with Crippen molar-refractivity contribution in [3.63, 3.8) is 0 Å². The Bertz CT molecular complexity index is 1210. The van der Waals surface area contributed by atoms with Crippen molar-refractivity contribution in [2.75, 3.05) is 20.8 Å². The van der Waals surface area contributed by atoms with Crippen LogP contribution in [0.15, 0.2) is 53.9 Å². The van der Waals surface area contributed by atoms with E-state index >= 15 is 0 Å². The van der Waals surface area contributed by atoms with E-state index in [1.54, 1.807) is 14.2 Å². The highest BCUT2D eigenvalue weighted by Crippen LogP contribution is 2.47. The average Bonchev–Trinajstić information content (AvgIpc) is 3.25. The molecule has 8 heteroatoms. The third-order valence-electron chi connectivity index (χ3n) is 5.28. The topological polar surface area (TPSA) is 115 Å². The van der Waals surface area contributed by atoms with Gasteiger partial charge in [0.2, 0.25) is 11.8 Å². The molecule has 2 aromatic carbocycles. The van der Waals surface area contributed by atoms with Crippen molar-refractivity contribution in [3.05, 3.63) is 65.0 Å². The number of nitriles is 1. The molecule has 0 aliphatic carbocycles.